The number of carbonyl (C=O) groups is 2. The van der Waals surface area contributed by atoms with Crippen molar-refractivity contribution in [2.75, 3.05) is 51.3 Å². The highest BCUT2D eigenvalue weighted by atomic mass is 19.1. The fourth-order valence-corrected chi connectivity index (χ4v) is 6.39. The van der Waals surface area contributed by atoms with E-state index >= 15 is 0 Å². The van der Waals surface area contributed by atoms with E-state index in [9.17, 15) is 14.0 Å². The van der Waals surface area contributed by atoms with Gasteiger partial charge < -0.3 is 38.5 Å². The molecule has 12 heteroatoms. The molecule has 0 spiro atoms. The third-order valence-corrected chi connectivity index (χ3v) is 9.71. The number of rotatable bonds is 5. The lowest BCUT2D eigenvalue weighted by Gasteiger charge is -2.36. The molecule has 3 aliphatic rings. The van der Waals surface area contributed by atoms with Crippen LogP contribution in [0.4, 0.5) is 14.9 Å². The monoisotopic (exact) mass is 660 g/mol. The average Bonchev–Trinajstić information content (AvgIpc) is 3.56. The van der Waals surface area contributed by atoms with Gasteiger partial charge in [0.05, 0.1) is 30.5 Å². The molecule has 256 valence electrons. The van der Waals surface area contributed by atoms with Crippen LogP contribution in [0.1, 0.15) is 70.9 Å². The van der Waals surface area contributed by atoms with Crippen molar-refractivity contribution >= 4 is 46.7 Å². The van der Waals surface area contributed by atoms with Gasteiger partial charge in [0.1, 0.15) is 17.2 Å². The van der Waals surface area contributed by atoms with Gasteiger partial charge in [-0.05, 0) is 90.8 Å². The van der Waals surface area contributed by atoms with Crippen molar-refractivity contribution in [2.45, 2.75) is 71.7 Å². The number of H-pyrrole nitrogens is 1. The molecule has 2 saturated heterocycles. The number of piperazine rings is 1. The summed E-state index contributed by atoms with van der Waals surface area (Å²) in [5, 5.41) is 0.852. The standard InChI is InChI=1S/C36H46BFN4O6/c1-34(2,3)46-33(44)42-13-9-10-23(22-42)28-20-24-18-25(19-27(31(24)39-28)37-47-35(4,5)36(6,7)48-37)32(43)41-16-14-40(15-17-41)29-12-11-26(38)21-30(29)45-8/h10-12,18-21,39H,9,13-17,22H2,1-8H3. The van der Waals surface area contributed by atoms with Crippen molar-refractivity contribution in [2.24, 2.45) is 0 Å². The van der Waals surface area contributed by atoms with E-state index in [1.165, 1.54) is 19.2 Å². The quantitative estimate of drug-likeness (QED) is 0.356. The van der Waals surface area contributed by atoms with Crippen molar-refractivity contribution < 1.29 is 32.8 Å². The Morgan fingerprint density at radius 3 is 2.27 bits per heavy atom. The number of nitrogens with one attached hydrogen (secondary N) is 1. The summed E-state index contributed by atoms with van der Waals surface area (Å²) in [5.41, 5.74) is 3.02. The van der Waals surface area contributed by atoms with Crippen LogP contribution >= 0.6 is 0 Å². The van der Waals surface area contributed by atoms with Gasteiger partial charge in [-0.2, -0.15) is 0 Å². The fraction of sp³-hybridized carbons (Fsp3) is 0.500. The number of methoxy groups -OCH3 is 1. The summed E-state index contributed by atoms with van der Waals surface area (Å²) in [4.78, 5) is 36.2. The number of fused-ring (bicyclic) bond motifs is 1. The maximum absolute atomic E-state index is 14.1. The molecule has 1 aromatic heterocycles. The molecule has 0 saturated carbocycles. The lowest BCUT2D eigenvalue weighted by Crippen LogP contribution is -2.49. The van der Waals surface area contributed by atoms with Crippen molar-refractivity contribution in [3.05, 3.63) is 59.5 Å². The number of hydrogen-bond acceptors (Lipinski definition) is 7. The SMILES string of the molecule is COc1cc(F)ccc1N1CCN(C(=O)c2cc(B3OC(C)(C)C(C)(C)O3)c3[nH]c(C4=CCCN(C(=O)OC(C)(C)C)C4)cc3c2)CC1. The van der Waals surface area contributed by atoms with Gasteiger partial charge in [-0.15, -0.1) is 0 Å². The van der Waals surface area contributed by atoms with E-state index in [0.717, 1.165) is 33.3 Å². The zero-order chi connectivity index (χ0) is 34.6. The summed E-state index contributed by atoms with van der Waals surface area (Å²) in [6.07, 6.45) is 2.50. The first kappa shape index (κ1) is 33.9. The number of anilines is 1. The number of nitrogens with zero attached hydrogens (tertiary/aromatic N) is 3. The number of aromatic amines is 1. The predicted octanol–water partition coefficient (Wildman–Crippen LogP) is 5.60. The zero-order valence-electron chi connectivity index (χ0n) is 29.2. The molecule has 0 radical (unpaired) electrons. The highest BCUT2D eigenvalue weighted by Gasteiger charge is 2.52. The van der Waals surface area contributed by atoms with Crippen LogP contribution in [0.5, 0.6) is 5.75 Å². The summed E-state index contributed by atoms with van der Waals surface area (Å²) in [6.45, 7) is 16.8. The molecule has 3 aliphatic heterocycles. The van der Waals surface area contributed by atoms with Gasteiger partial charge in [0, 0.05) is 66.4 Å². The molecule has 0 bridgehead atoms. The number of aromatic nitrogens is 1. The van der Waals surface area contributed by atoms with E-state index in [-0.39, 0.29) is 17.8 Å². The summed E-state index contributed by atoms with van der Waals surface area (Å²) in [6, 6.07) is 10.3. The molecule has 48 heavy (non-hydrogen) atoms. The highest BCUT2D eigenvalue weighted by molar-refractivity contribution is 6.65. The van der Waals surface area contributed by atoms with Gasteiger partial charge in [0.15, 0.2) is 0 Å². The highest BCUT2D eigenvalue weighted by Crippen LogP contribution is 2.38. The molecule has 1 N–H and O–H groups in total. The molecule has 0 aliphatic carbocycles. The second kappa shape index (κ2) is 12.5. The van der Waals surface area contributed by atoms with Crippen LogP contribution in [0.2, 0.25) is 0 Å². The Bertz CT molecular complexity index is 1740. The van der Waals surface area contributed by atoms with Crippen LogP contribution in [0, 0.1) is 5.82 Å². The fourth-order valence-electron chi connectivity index (χ4n) is 6.39. The van der Waals surface area contributed by atoms with E-state index in [0.29, 0.717) is 57.0 Å². The maximum Gasteiger partial charge on any atom is 0.497 e. The summed E-state index contributed by atoms with van der Waals surface area (Å²) in [5.74, 6) is 0.0274. The third kappa shape index (κ3) is 6.65. The minimum atomic E-state index is -0.696. The van der Waals surface area contributed by atoms with Gasteiger partial charge in [-0.3, -0.25) is 4.79 Å². The summed E-state index contributed by atoms with van der Waals surface area (Å²) in [7, 11) is 0.832. The van der Waals surface area contributed by atoms with E-state index in [2.05, 4.69) is 16.0 Å². The molecule has 0 atom stereocenters. The molecular weight excluding hydrogens is 614 g/mol. The third-order valence-electron chi connectivity index (χ3n) is 9.71. The van der Waals surface area contributed by atoms with Gasteiger partial charge in [-0.1, -0.05) is 6.08 Å². The Morgan fingerprint density at radius 2 is 1.62 bits per heavy atom. The number of halogens is 1. The average molecular weight is 661 g/mol. The first-order valence-electron chi connectivity index (χ1n) is 16.6. The summed E-state index contributed by atoms with van der Waals surface area (Å²) >= 11 is 0. The number of benzene rings is 2. The number of carbonyl (C=O) groups excluding carboxylic acids is 2. The minimum Gasteiger partial charge on any atom is -0.494 e. The molecule has 3 aromatic rings. The zero-order valence-corrected chi connectivity index (χ0v) is 29.2. The molecule has 0 unspecified atom stereocenters. The van der Waals surface area contributed by atoms with Crippen LogP contribution < -0.4 is 15.1 Å². The molecule has 6 rings (SSSR count). The molecule has 2 fully saturated rings. The Kier molecular flexibility index (Phi) is 8.78. The number of ether oxygens (including phenoxy) is 2. The van der Waals surface area contributed by atoms with Crippen molar-refractivity contribution in [1.29, 1.82) is 0 Å². The summed E-state index contributed by atoms with van der Waals surface area (Å²) < 4.78 is 37.8. The van der Waals surface area contributed by atoms with Crippen LogP contribution in [0.15, 0.2) is 42.5 Å². The Morgan fingerprint density at radius 1 is 0.938 bits per heavy atom. The Balaban J connectivity index is 1.29. The first-order valence-corrected chi connectivity index (χ1v) is 16.6. The van der Waals surface area contributed by atoms with Crippen LogP contribution in [-0.4, -0.2) is 97.1 Å². The number of hydrogen-bond donors (Lipinski definition) is 1. The van der Waals surface area contributed by atoms with Crippen molar-refractivity contribution in [3.8, 4) is 5.75 Å². The van der Waals surface area contributed by atoms with E-state index in [4.69, 9.17) is 18.8 Å². The largest absolute Gasteiger partial charge is 0.497 e. The first-order chi connectivity index (χ1) is 22.5. The molecule has 10 nitrogen and oxygen atoms in total. The second-order valence-corrected chi connectivity index (χ2v) is 14.8. The lowest BCUT2D eigenvalue weighted by molar-refractivity contribution is 0.00578. The minimum absolute atomic E-state index is 0.0869. The molecule has 4 heterocycles. The van der Waals surface area contributed by atoms with Crippen molar-refractivity contribution in [1.82, 2.24) is 14.8 Å². The van der Waals surface area contributed by atoms with Crippen molar-refractivity contribution in [3.63, 3.8) is 0 Å². The second-order valence-electron chi connectivity index (χ2n) is 14.8. The lowest BCUT2D eigenvalue weighted by atomic mass is 9.77. The van der Waals surface area contributed by atoms with Crippen LogP contribution in [0.3, 0.4) is 0 Å². The number of amides is 2. The Labute approximate surface area is 282 Å². The van der Waals surface area contributed by atoms with Crippen LogP contribution in [-0.2, 0) is 14.0 Å². The van der Waals surface area contributed by atoms with E-state index in [1.807, 2.05) is 71.6 Å². The maximum atomic E-state index is 14.1. The van der Waals surface area contributed by atoms with E-state index in [1.54, 1.807) is 11.0 Å². The van der Waals surface area contributed by atoms with Gasteiger partial charge in [0.25, 0.3) is 5.91 Å². The van der Waals surface area contributed by atoms with Gasteiger partial charge in [-0.25, -0.2) is 9.18 Å². The van der Waals surface area contributed by atoms with Gasteiger partial charge >= 0.3 is 13.2 Å². The smallest absolute Gasteiger partial charge is 0.494 e. The molecule has 2 amide bonds. The topological polar surface area (TPSA) is 96.6 Å². The molecular formula is C36H46BFN4O6. The normalized spacial score (nSPS) is 19.5. The van der Waals surface area contributed by atoms with E-state index < -0.39 is 23.9 Å². The predicted molar refractivity (Wildman–Crippen MR) is 185 cm³/mol. The molecule has 2 aromatic carbocycles. The van der Waals surface area contributed by atoms with Crippen LogP contribution in [0.25, 0.3) is 16.5 Å². The van der Waals surface area contributed by atoms with Gasteiger partial charge in [0.2, 0.25) is 0 Å². The Hall–Kier alpha value is -4.03.